The molecule has 1 N–H and O–H groups in total. The summed E-state index contributed by atoms with van der Waals surface area (Å²) in [6.45, 7) is 5.60. The maximum Gasteiger partial charge on any atom is 0.417 e. The third-order valence-electron chi connectivity index (χ3n) is 5.51. The number of hydrogen-bond donors (Lipinski definition) is 1. The number of rotatable bonds is 10. The summed E-state index contributed by atoms with van der Waals surface area (Å²) in [6.07, 6.45) is 3.52. The summed E-state index contributed by atoms with van der Waals surface area (Å²) in [7, 11) is 0. The molecular weight excluding hydrogens is 408 g/mol. The van der Waals surface area contributed by atoms with Crippen LogP contribution in [-0.2, 0) is 19.1 Å². The predicted molar refractivity (Wildman–Crippen MR) is 121 cm³/mol. The molecule has 1 heterocycles. The molecule has 1 radical (unpaired) electrons. The van der Waals surface area contributed by atoms with E-state index in [1.54, 1.807) is 24.3 Å². The van der Waals surface area contributed by atoms with Crippen molar-refractivity contribution < 1.29 is 23.9 Å². The average molecular weight is 438 g/mol. The van der Waals surface area contributed by atoms with Crippen molar-refractivity contribution in [2.45, 2.75) is 32.1 Å². The second-order valence-electron chi connectivity index (χ2n) is 7.62. The predicted octanol–water partition coefficient (Wildman–Crippen LogP) is 3.19. The number of hydrogen-bond acceptors (Lipinski definition) is 6. The number of piperidine rings is 1. The Labute approximate surface area is 188 Å². The highest BCUT2D eigenvalue weighted by Crippen LogP contribution is 2.34. The van der Waals surface area contributed by atoms with E-state index >= 15 is 0 Å². The van der Waals surface area contributed by atoms with Crippen LogP contribution in [0.2, 0.25) is 0 Å². The normalized spacial score (nSPS) is 14.3. The number of benzene rings is 2. The fourth-order valence-corrected chi connectivity index (χ4v) is 4.02. The summed E-state index contributed by atoms with van der Waals surface area (Å²) in [5, 5.41) is 2.96. The minimum Gasteiger partial charge on any atom is -0.458 e. The molecule has 0 aromatic heterocycles. The zero-order chi connectivity index (χ0) is 22.8. The Hall–Kier alpha value is -3.35. The zero-order valence-electron chi connectivity index (χ0n) is 18.3. The molecule has 1 atom stereocenters. The second-order valence-corrected chi connectivity index (χ2v) is 7.62. The molecular formula is C25H29N2O5. The number of ether oxygens (including phenoxy) is 2. The van der Waals surface area contributed by atoms with E-state index in [0.29, 0.717) is 12.1 Å². The molecule has 2 aromatic rings. The number of amides is 1. The molecule has 1 aliphatic rings. The van der Waals surface area contributed by atoms with Gasteiger partial charge in [0.1, 0.15) is 13.2 Å². The monoisotopic (exact) mass is 437 g/mol. The van der Waals surface area contributed by atoms with E-state index in [0.717, 1.165) is 42.7 Å². The molecule has 1 unspecified atom stereocenters. The molecule has 3 rings (SSSR count). The van der Waals surface area contributed by atoms with Crippen LogP contribution < -0.4 is 10.2 Å². The first-order valence-corrected chi connectivity index (χ1v) is 11.0. The van der Waals surface area contributed by atoms with Crippen molar-refractivity contribution >= 4 is 24.0 Å². The number of para-hydroxylation sites is 1. The van der Waals surface area contributed by atoms with Gasteiger partial charge < -0.3 is 19.7 Å². The summed E-state index contributed by atoms with van der Waals surface area (Å²) < 4.78 is 9.47. The van der Waals surface area contributed by atoms with Gasteiger partial charge in [0.25, 0.3) is 0 Å². The van der Waals surface area contributed by atoms with Crippen molar-refractivity contribution in [1.29, 1.82) is 0 Å². The maximum absolute atomic E-state index is 13.1. The Bertz CT molecular complexity index is 907. The molecule has 7 heteroatoms. The first-order chi connectivity index (χ1) is 15.7. The van der Waals surface area contributed by atoms with Crippen LogP contribution in [0.5, 0.6) is 0 Å². The maximum atomic E-state index is 13.1. The number of carbonyl (C=O) groups is 2. The van der Waals surface area contributed by atoms with Crippen molar-refractivity contribution in [2.24, 2.45) is 0 Å². The van der Waals surface area contributed by atoms with Crippen LogP contribution in [0.25, 0.3) is 0 Å². The van der Waals surface area contributed by atoms with Gasteiger partial charge in [-0.3, -0.25) is 4.79 Å². The van der Waals surface area contributed by atoms with E-state index in [4.69, 9.17) is 4.74 Å². The lowest BCUT2D eigenvalue weighted by molar-refractivity contribution is -0.121. The van der Waals surface area contributed by atoms with Gasteiger partial charge in [0.15, 0.2) is 0 Å². The van der Waals surface area contributed by atoms with E-state index in [9.17, 15) is 14.4 Å². The lowest BCUT2D eigenvalue weighted by Gasteiger charge is -2.32. The highest BCUT2D eigenvalue weighted by Gasteiger charge is 2.27. The first kappa shape index (κ1) is 23.3. The van der Waals surface area contributed by atoms with Crippen LogP contribution in [-0.4, -0.2) is 51.2 Å². The highest BCUT2D eigenvalue weighted by molar-refractivity contribution is 5.91. The van der Waals surface area contributed by atoms with Crippen LogP contribution in [0.1, 0.15) is 53.6 Å². The smallest absolute Gasteiger partial charge is 0.417 e. The van der Waals surface area contributed by atoms with E-state index in [2.05, 4.69) is 21.0 Å². The number of likely N-dealkylation sites (N-methyl/N-ethyl adjacent to an activating group) is 1. The Balaban J connectivity index is 1.87. The number of carbonyl (C=O) groups excluding carboxylic acids is 3. The Morgan fingerprint density at radius 1 is 1.03 bits per heavy atom. The number of esters is 1. The third kappa shape index (κ3) is 5.87. The number of anilines is 1. The summed E-state index contributed by atoms with van der Waals surface area (Å²) in [6, 6.07) is 14.9. The first-order valence-electron chi connectivity index (χ1n) is 11.0. The molecule has 1 fully saturated rings. The van der Waals surface area contributed by atoms with E-state index < -0.39 is 11.9 Å². The molecule has 169 valence electrons. The minimum atomic E-state index is -0.519. The van der Waals surface area contributed by atoms with Gasteiger partial charge in [0.05, 0.1) is 11.5 Å². The van der Waals surface area contributed by atoms with Gasteiger partial charge in [-0.15, -0.1) is 0 Å². The summed E-state index contributed by atoms with van der Waals surface area (Å²) in [4.78, 5) is 37.7. The lowest BCUT2D eigenvalue weighted by atomic mass is 9.88. The standard InChI is InChI=1S/C25H29N2O5/c1-2-26-24(29)23(21-8-4-5-9-22(21)27-14-6-3-7-15-27)19-10-12-20(13-11-19)25(30)32-17-16-31-18-28/h4-5,8-13,23H,2-3,6-7,14-17H2,1H3,(H,26,29). The van der Waals surface area contributed by atoms with Crippen LogP contribution in [0, 0.1) is 0 Å². The Morgan fingerprint density at radius 3 is 2.44 bits per heavy atom. The fourth-order valence-electron chi connectivity index (χ4n) is 4.02. The van der Waals surface area contributed by atoms with Gasteiger partial charge in [-0.2, -0.15) is 0 Å². The van der Waals surface area contributed by atoms with Crippen molar-refractivity contribution in [1.82, 2.24) is 5.32 Å². The van der Waals surface area contributed by atoms with Gasteiger partial charge in [-0.25, -0.2) is 9.59 Å². The Kier molecular flexibility index (Phi) is 8.66. The van der Waals surface area contributed by atoms with E-state index in [-0.39, 0.29) is 19.1 Å². The lowest BCUT2D eigenvalue weighted by Crippen LogP contribution is -2.34. The van der Waals surface area contributed by atoms with Gasteiger partial charge >= 0.3 is 12.4 Å². The minimum absolute atomic E-state index is 0.0411. The molecule has 0 aliphatic carbocycles. The largest absolute Gasteiger partial charge is 0.458 e. The van der Waals surface area contributed by atoms with Crippen LogP contribution in [0.15, 0.2) is 48.5 Å². The second kappa shape index (κ2) is 11.9. The fraction of sp³-hybridized carbons (Fsp3) is 0.400. The Morgan fingerprint density at radius 2 is 1.75 bits per heavy atom. The van der Waals surface area contributed by atoms with Gasteiger partial charge in [0, 0.05) is 25.3 Å². The van der Waals surface area contributed by atoms with Crippen molar-refractivity contribution in [2.75, 3.05) is 37.7 Å². The molecule has 0 spiro atoms. The van der Waals surface area contributed by atoms with Crippen molar-refractivity contribution in [3.05, 3.63) is 65.2 Å². The van der Waals surface area contributed by atoms with Gasteiger partial charge in [0.2, 0.25) is 5.91 Å². The van der Waals surface area contributed by atoms with E-state index in [1.165, 1.54) is 12.9 Å². The third-order valence-corrected chi connectivity index (χ3v) is 5.51. The molecule has 1 amide bonds. The SMILES string of the molecule is CCNC(=O)C(c1ccc(C(=O)OCCO[C]=O)cc1)c1ccccc1N1CCCCC1. The molecule has 1 saturated heterocycles. The average Bonchev–Trinajstić information content (AvgIpc) is 2.83. The summed E-state index contributed by atoms with van der Waals surface area (Å²) >= 11 is 0. The van der Waals surface area contributed by atoms with Gasteiger partial charge in [-0.05, 0) is 55.5 Å². The van der Waals surface area contributed by atoms with Crippen LogP contribution in [0.3, 0.4) is 0 Å². The molecule has 7 nitrogen and oxygen atoms in total. The number of nitrogens with one attached hydrogen (secondary N) is 1. The molecule has 2 aromatic carbocycles. The molecule has 1 aliphatic heterocycles. The summed E-state index contributed by atoms with van der Waals surface area (Å²) in [5.41, 5.74) is 3.20. The van der Waals surface area contributed by atoms with Crippen LogP contribution >= 0.6 is 0 Å². The zero-order valence-corrected chi connectivity index (χ0v) is 18.3. The molecule has 0 saturated carbocycles. The topological polar surface area (TPSA) is 84.9 Å². The van der Waals surface area contributed by atoms with Crippen molar-refractivity contribution in [3.8, 4) is 0 Å². The van der Waals surface area contributed by atoms with Crippen molar-refractivity contribution in [3.63, 3.8) is 0 Å². The number of nitrogens with zero attached hydrogens (tertiary/aromatic N) is 1. The van der Waals surface area contributed by atoms with Gasteiger partial charge in [-0.1, -0.05) is 30.3 Å². The highest BCUT2D eigenvalue weighted by atomic mass is 16.6. The van der Waals surface area contributed by atoms with Crippen LogP contribution in [0.4, 0.5) is 5.69 Å². The van der Waals surface area contributed by atoms with E-state index in [1.807, 2.05) is 25.1 Å². The molecule has 32 heavy (non-hydrogen) atoms. The quantitative estimate of drug-likeness (QED) is 0.454. The summed E-state index contributed by atoms with van der Waals surface area (Å²) in [5.74, 6) is -1.08. The molecule has 0 bridgehead atoms.